The number of carbonyl (C=O) groups is 2. The van der Waals surface area contributed by atoms with Gasteiger partial charge < -0.3 is 27.0 Å². The fraction of sp³-hybridized carbons (Fsp3) is 0.286. The summed E-state index contributed by atoms with van der Waals surface area (Å²) in [5.74, 6) is -5.48. The predicted molar refractivity (Wildman–Crippen MR) is 185 cm³/mol. The maximum absolute atomic E-state index is 15.5. The summed E-state index contributed by atoms with van der Waals surface area (Å²) in [6, 6.07) is 12.9. The van der Waals surface area contributed by atoms with Crippen LogP contribution >= 0.6 is 11.3 Å². The second-order valence-corrected chi connectivity index (χ2v) is 13.0. The number of benzene rings is 2. The van der Waals surface area contributed by atoms with Crippen molar-refractivity contribution in [3.05, 3.63) is 99.3 Å². The molecule has 18 heteroatoms. The van der Waals surface area contributed by atoms with Crippen molar-refractivity contribution in [2.75, 3.05) is 39.1 Å². The number of aliphatic imine (C=N–C) groups is 1. The molecule has 1 aliphatic rings. The smallest absolute Gasteiger partial charge is 0.413 e. The van der Waals surface area contributed by atoms with E-state index in [9.17, 15) is 23.5 Å². The molecule has 1 amide bonds. The van der Waals surface area contributed by atoms with E-state index in [1.807, 2.05) is 6.07 Å². The van der Waals surface area contributed by atoms with Gasteiger partial charge in [-0.25, -0.2) is 27.9 Å². The molecule has 2 unspecified atom stereocenters. The average molecular weight is 771 g/mol. The van der Waals surface area contributed by atoms with Crippen molar-refractivity contribution >= 4 is 41.9 Å². The summed E-state index contributed by atoms with van der Waals surface area (Å²) in [6.07, 6.45) is 2.21. The molecule has 2 N–H and O–H groups in total. The lowest BCUT2D eigenvalue weighted by molar-refractivity contribution is -0.848. The molecule has 5 rings (SSSR count). The number of amides is 1. The zero-order valence-electron chi connectivity index (χ0n) is 28.8. The van der Waals surface area contributed by atoms with Gasteiger partial charge in [0, 0.05) is 41.6 Å². The first-order chi connectivity index (χ1) is 24.7. The molecule has 4 atom stereocenters. The van der Waals surface area contributed by atoms with E-state index in [0.29, 0.717) is 39.5 Å². The number of hydrogen-bond acceptors (Lipinski definition) is 12. The van der Waals surface area contributed by atoms with Crippen LogP contribution in [0.5, 0.6) is 0 Å². The van der Waals surface area contributed by atoms with Gasteiger partial charge in [-0.05, 0) is 44.4 Å². The summed E-state index contributed by atoms with van der Waals surface area (Å²) in [6.45, 7) is 1.95. The van der Waals surface area contributed by atoms with E-state index in [4.69, 9.17) is 14.7 Å². The number of hydrogen-bond donors (Lipinski definition) is 2. The molecular formula is C35H34ClF3N8O5S. The molecule has 0 bridgehead atoms. The Bertz CT molecular complexity index is 2050. The molecule has 2 aromatic heterocycles. The van der Waals surface area contributed by atoms with E-state index in [1.165, 1.54) is 25.8 Å². The Morgan fingerprint density at radius 3 is 2.49 bits per heavy atom. The van der Waals surface area contributed by atoms with Crippen LogP contribution in [-0.4, -0.2) is 83.1 Å². The van der Waals surface area contributed by atoms with Crippen molar-refractivity contribution in [2.24, 2.45) is 10.1 Å². The Labute approximate surface area is 313 Å². The number of quaternary nitrogens is 1. The van der Waals surface area contributed by atoms with E-state index < -0.39 is 64.0 Å². The monoisotopic (exact) mass is 770 g/mol. The Morgan fingerprint density at radius 1 is 1.13 bits per heavy atom. The minimum Gasteiger partial charge on any atom is -1.00 e. The van der Waals surface area contributed by atoms with E-state index in [-0.39, 0.29) is 31.4 Å². The molecule has 2 aromatic carbocycles. The SMILES string of the molecule is CC(=O)OC(c1cccnc1NC(=O)OCC[N+]1(C[C@](O)(c2cc(F)c(F)cc2F)[C@@H](C)c2nc(-c3ccc(C#N)cc3)cs2)C=NC=N1)N(C)C.[Cl-]. The first kappa shape index (κ1) is 40.5. The van der Waals surface area contributed by atoms with Gasteiger partial charge in [-0.15, -0.1) is 15.9 Å². The second-order valence-electron chi connectivity index (χ2n) is 12.1. The number of halogens is 4. The van der Waals surface area contributed by atoms with Gasteiger partial charge in [0.25, 0.3) is 0 Å². The van der Waals surface area contributed by atoms with Crippen LogP contribution in [0.15, 0.2) is 70.2 Å². The van der Waals surface area contributed by atoms with Gasteiger partial charge in [0.15, 0.2) is 29.8 Å². The van der Waals surface area contributed by atoms with Crippen molar-refractivity contribution < 1.29 is 54.3 Å². The number of rotatable bonds is 13. The van der Waals surface area contributed by atoms with Gasteiger partial charge in [-0.3, -0.25) is 15.0 Å². The lowest BCUT2D eigenvalue weighted by Crippen LogP contribution is -3.00. The fourth-order valence-corrected chi connectivity index (χ4v) is 6.58. The Hall–Kier alpha value is -5.25. The molecule has 4 aromatic rings. The van der Waals surface area contributed by atoms with E-state index in [1.54, 1.807) is 67.7 Å². The maximum Gasteiger partial charge on any atom is 0.413 e. The van der Waals surface area contributed by atoms with E-state index in [0.717, 1.165) is 11.3 Å². The summed E-state index contributed by atoms with van der Waals surface area (Å²) in [5, 5.41) is 30.6. The lowest BCUT2D eigenvalue weighted by atomic mass is 9.81. The standard InChI is InChI=1S/C35H33F3N8O5S.ClH/c1-21(32-43-30(17-52-32)24-9-7-23(16-39)8-10-24)35(49,26-14-28(37)29(38)15-27(26)36)18-46(20-40-19-42-46)12-13-50-34(48)44-31-25(6-5-11-41-31)33(45(3)4)51-22(2)47;/h5-11,14-15,17,19-21,33,49H,12-13,18H2,1-4H3;1H/t21-,33?,35+,46?;/m0./s1. The molecule has 3 heterocycles. The van der Waals surface area contributed by atoms with Crippen LogP contribution < -0.4 is 17.7 Å². The van der Waals surface area contributed by atoms with Crippen molar-refractivity contribution in [3.63, 3.8) is 0 Å². The zero-order valence-corrected chi connectivity index (χ0v) is 30.4. The Morgan fingerprint density at radius 2 is 1.85 bits per heavy atom. The number of nitrogens with one attached hydrogen (secondary N) is 1. The first-order valence-corrected chi connectivity index (χ1v) is 16.6. The Balaban J connectivity index is 0.00000627. The molecule has 13 nitrogen and oxygen atoms in total. The summed E-state index contributed by atoms with van der Waals surface area (Å²) in [7, 11) is 3.36. The molecule has 0 radical (unpaired) electrons. The number of thiazole rings is 1. The van der Waals surface area contributed by atoms with Gasteiger partial charge in [0.05, 0.1) is 27.9 Å². The predicted octanol–water partition coefficient (Wildman–Crippen LogP) is 2.66. The number of esters is 1. The van der Waals surface area contributed by atoms with E-state index in [2.05, 4.69) is 25.4 Å². The van der Waals surface area contributed by atoms with Crippen LogP contribution in [0.3, 0.4) is 0 Å². The van der Waals surface area contributed by atoms with Crippen LogP contribution in [0.1, 0.15) is 47.7 Å². The fourth-order valence-electron chi connectivity index (χ4n) is 5.61. The van der Waals surface area contributed by atoms with Crippen molar-refractivity contribution in [3.8, 4) is 17.3 Å². The molecule has 1 aliphatic heterocycles. The third kappa shape index (κ3) is 9.22. The zero-order chi connectivity index (χ0) is 37.6. The quantitative estimate of drug-likeness (QED) is 0.0902. The van der Waals surface area contributed by atoms with Gasteiger partial charge >= 0.3 is 12.1 Å². The largest absolute Gasteiger partial charge is 1.00 e. The maximum atomic E-state index is 15.5. The molecule has 0 spiro atoms. The molecule has 278 valence electrons. The van der Waals surface area contributed by atoms with E-state index >= 15 is 4.39 Å². The molecule has 0 saturated heterocycles. The van der Waals surface area contributed by atoms with Crippen molar-refractivity contribution in [1.29, 1.82) is 5.26 Å². The number of carbonyl (C=O) groups excluding carboxylic acids is 2. The van der Waals surface area contributed by atoms with Gasteiger partial charge in [-0.1, -0.05) is 24.2 Å². The normalized spacial score (nSPS) is 17.0. The molecular weight excluding hydrogens is 737 g/mol. The van der Waals surface area contributed by atoms with Gasteiger partial charge in [-0.2, -0.15) is 10.3 Å². The highest BCUT2D eigenvalue weighted by molar-refractivity contribution is 7.10. The van der Waals surface area contributed by atoms with Crippen molar-refractivity contribution in [1.82, 2.24) is 14.9 Å². The summed E-state index contributed by atoms with van der Waals surface area (Å²) < 4.78 is 54.6. The first-order valence-electron chi connectivity index (χ1n) is 15.8. The highest BCUT2D eigenvalue weighted by Crippen LogP contribution is 2.43. The minimum atomic E-state index is -2.27. The number of ether oxygens (including phenoxy) is 2. The molecule has 0 saturated carbocycles. The van der Waals surface area contributed by atoms with Crippen molar-refractivity contribution in [2.45, 2.75) is 31.6 Å². The summed E-state index contributed by atoms with van der Waals surface area (Å²) in [5.41, 5.74) is -0.752. The van der Waals surface area contributed by atoms with Crippen LogP contribution in [0, 0.1) is 28.8 Å². The van der Waals surface area contributed by atoms with Crippen LogP contribution in [-0.2, 0) is 19.9 Å². The highest BCUT2D eigenvalue weighted by Gasteiger charge is 2.49. The second kappa shape index (κ2) is 17.1. The number of pyridine rings is 1. The molecule has 53 heavy (non-hydrogen) atoms. The van der Waals surface area contributed by atoms with Gasteiger partial charge in [0.2, 0.25) is 6.34 Å². The highest BCUT2D eigenvalue weighted by atomic mass is 35.5. The average Bonchev–Trinajstić information content (AvgIpc) is 3.79. The Kier molecular flexibility index (Phi) is 13.0. The van der Waals surface area contributed by atoms with Crippen LogP contribution in [0.4, 0.5) is 23.8 Å². The third-order valence-corrected chi connectivity index (χ3v) is 9.35. The number of nitriles is 1. The van der Waals surface area contributed by atoms with Crippen LogP contribution in [0.2, 0.25) is 0 Å². The third-order valence-electron chi connectivity index (χ3n) is 8.32. The number of aromatic nitrogens is 2. The minimum absolute atomic E-state index is 0. The van der Waals surface area contributed by atoms with Gasteiger partial charge in [0.1, 0.15) is 31.3 Å². The number of aliphatic hydroxyl groups is 1. The number of nitrogens with zero attached hydrogens (tertiary/aromatic N) is 7. The lowest BCUT2D eigenvalue weighted by Gasteiger charge is -2.38. The summed E-state index contributed by atoms with van der Waals surface area (Å²) >= 11 is 1.16. The number of anilines is 1. The van der Waals surface area contributed by atoms with Crippen LogP contribution in [0.25, 0.3) is 11.3 Å². The molecule has 0 fully saturated rings. The topological polar surface area (TPSA) is 162 Å². The molecule has 0 aliphatic carbocycles. The summed E-state index contributed by atoms with van der Waals surface area (Å²) in [4.78, 5) is 39.2.